The number of hydrogen-bond donors (Lipinski definition) is 0. The number of nitrogens with zero attached hydrogens (tertiary/aromatic N) is 3. The molecular formula is C47H31N3. The third-order valence-electron chi connectivity index (χ3n) is 10.5. The van der Waals surface area contributed by atoms with Gasteiger partial charge < -0.3 is 4.57 Å². The average molecular weight is 638 g/mol. The van der Waals surface area contributed by atoms with Crippen molar-refractivity contribution in [2.24, 2.45) is 0 Å². The molecule has 0 spiro atoms. The Bertz CT molecular complexity index is 2680. The molecule has 50 heavy (non-hydrogen) atoms. The van der Waals surface area contributed by atoms with Gasteiger partial charge in [-0.3, -0.25) is 0 Å². The van der Waals surface area contributed by atoms with Crippen molar-refractivity contribution in [3.8, 4) is 62.3 Å². The summed E-state index contributed by atoms with van der Waals surface area (Å²) < 4.78 is 2.24. The molecule has 1 aliphatic rings. The van der Waals surface area contributed by atoms with Crippen molar-refractivity contribution >= 4 is 21.8 Å². The fourth-order valence-electron chi connectivity index (χ4n) is 8.14. The highest BCUT2D eigenvalue weighted by molar-refractivity contribution is 6.12. The van der Waals surface area contributed by atoms with E-state index in [2.05, 4.69) is 140 Å². The van der Waals surface area contributed by atoms with Crippen LogP contribution < -0.4 is 0 Å². The van der Waals surface area contributed by atoms with Crippen LogP contribution >= 0.6 is 0 Å². The van der Waals surface area contributed by atoms with Crippen molar-refractivity contribution in [1.29, 1.82) is 10.5 Å². The summed E-state index contributed by atoms with van der Waals surface area (Å²) in [5, 5.41) is 23.6. The predicted octanol–water partition coefficient (Wildman–Crippen LogP) is 11.8. The smallest absolute Gasteiger partial charge is 0.101 e. The van der Waals surface area contributed by atoms with Crippen LogP contribution in [0, 0.1) is 22.7 Å². The van der Waals surface area contributed by atoms with Crippen molar-refractivity contribution in [2.45, 2.75) is 19.3 Å². The highest BCUT2D eigenvalue weighted by atomic mass is 15.0. The number of benzene rings is 7. The molecule has 1 aromatic heterocycles. The van der Waals surface area contributed by atoms with Gasteiger partial charge in [0.2, 0.25) is 0 Å². The normalized spacial score (nSPS) is 12.7. The molecule has 3 heteroatoms. The van der Waals surface area contributed by atoms with Crippen LogP contribution in [-0.2, 0) is 5.41 Å². The van der Waals surface area contributed by atoms with Gasteiger partial charge in [-0.05, 0) is 80.4 Å². The fourth-order valence-corrected chi connectivity index (χ4v) is 8.14. The lowest BCUT2D eigenvalue weighted by molar-refractivity contribution is 0.661. The first-order chi connectivity index (χ1) is 24.5. The van der Waals surface area contributed by atoms with E-state index in [4.69, 9.17) is 0 Å². The van der Waals surface area contributed by atoms with E-state index in [1.54, 1.807) is 6.07 Å². The minimum absolute atomic E-state index is 0.186. The maximum Gasteiger partial charge on any atom is 0.101 e. The van der Waals surface area contributed by atoms with Gasteiger partial charge in [0.05, 0.1) is 33.9 Å². The van der Waals surface area contributed by atoms with Crippen LogP contribution in [0.25, 0.3) is 72.0 Å². The van der Waals surface area contributed by atoms with E-state index in [-0.39, 0.29) is 5.41 Å². The maximum atomic E-state index is 10.7. The van der Waals surface area contributed by atoms with Crippen molar-refractivity contribution in [3.05, 3.63) is 174 Å². The van der Waals surface area contributed by atoms with Gasteiger partial charge in [-0.2, -0.15) is 10.5 Å². The van der Waals surface area contributed by atoms with Crippen molar-refractivity contribution in [3.63, 3.8) is 0 Å². The second kappa shape index (κ2) is 11.2. The zero-order valence-corrected chi connectivity index (χ0v) is 27.8. The Morgan fingerprint density at radius 3 is 1.74 bits per heavy atom. The largest absolute Gasteiger partial charge is 0.308 e. The summed E-state index contributed by atoms with van der Waals surface area (Å²) in [5.74, 6) is 0. The van der Waals surface area contributed by atoms with E-state index in [0.29, 0.717) is 11.1 Å². The zero-order valence-electron chi connectivity index (χ0n) is 27.8. The van der Waals surface area contributed by atoms with Crippen molar-refractivity contribution in [1.82, 2.24) is 4.57 Å². The second-order valence-electron chi connectivity index (χ2n) is 13.5. The molecule has 0 fully saturated rings. The Morgan fingerprint density at radius 1 is 0.460 bits per heavy atom. The SMILES string of the molecule is CC1(C)c2ccccc2-c2cc3c4ccccc4n(-c4cc(-c5c(-c6ccccc6)cccc5-c5ccccc5)c(C#N)cc4C#N)c3cc21. The van der Waals surface area contributed by atoms with Gasteiger partial charge in [-0.25, -0.2) is 0 Å². The van der Waals surface area contributed by atoms with Crippen LogP contribution in [0.15, 0.2) is 152 Å². The molecule has 8 aromatic rings. The van der Waals surface area contributed by atoms with Crippen LogP contribution in [0.3, 0.4) is 0 Å². The Hall–Kier alpha value is -6.68. The van der Waals surface area contributed by atoms with Crippen LogP contribution in [0.5, 0.6) is 0 Å². The fraction of sp³-hybridized carbons (Fsp3) is 0.0638. The summed E-state index contributed by atoms with van der Waals surface area (Å²) >= 11 is 0. The summed E-state index contributed by atoms with van der Waals surface area (Å²) in [6.45, 7) is 4.59. The Labute approximate surface area is 291 Å². The first-order valence-corrected chi connectivity index (χ1v) is 16.9. The molecule has 0 radical (unpaired) electrons. The molecule has 9 rings (SSSR count). The third kappa shape index (κ3) is 4.28. The number of hydrogen-bond acceptors (Lipinski definition) is 2. The van der Waals surface area contributed by atoms with Crippen LogP contribution in [0.2, 0.25) is 0 Å². The molecule has 0 bridgehead atoms. The van der Waals surface area contributed by atoms with E-state index in [9.17, 15) is 10.5 Å². The van der Waals surface area contributed by atoms with Gasteiger partial charge in [-0.15, -0.1) is 0 Å². The molecule has 1 heterocycles. The minimum atomic E-state index is -0.186. The monoisotopic (exact) mass is 637 g/mol. The molecular weight excluding hydrogens is 607 g/mol. The molecule has 0 unspecified atom stereocenters. The van der Waals surface area contributed by atoms with Gasteiger partial charge in [0.25, 0.3) is 0 Å². The third-order valence-corrected chi connectivity index (χ3v) is 10.5. The van der Waals surface area contributed by atoms with Gasteiger partial charge in [-0.1, -0.05) is 135 Å². The predicted molar refractivity (Wildman–Crippen MR) is 204 cm³/mol. The number of para-hydroxylation sites is 1. The molecule has 0 aliphatic heterocycles. The lowest BCUT2D eigenvalue weighted by Gasteiger charge is -2.22. The molecule has 0 N–H and O–H groups in total. The van der Waals surface area contributed by atoms with Crippen LogP contribution in [0.1, 0.15) is 36.1 Å². The van der Waals surface area contributed by atoms with Gasteiger partial charge in [0.15, 0.2) is 0 Å². The number of rotatable bonds is 4. The maximum absolute atomic E-state index is 10.7. The lowest BCUT2D eigenvalue weighted by Crippen LogP contribution is -2.15. The average Bonchev–Trinajstić information content (AvgIpc) is 3.61. The number of aromatic nitrogens is 1. The quantitative estimate of drug-likeness (QED) is 0.193. The van der Waals surface area contributed by atoms with E-state index in [1.807, 2.05) is 36.4 Å². The van der Waals surface area contributed by atoms with E-state index in [0.717, 1.165) is 60.9 Å². The molecule has 1 aliphatic carbocycles. The van der Waals surface area contributed by atoms with E-state index >= 15 is 0 Å². The van der Waals surface area contributed by atoms with Gasteiger partial charge in [0.1, 0.15) is 6.07 Å². The van der Waals surface area contributed by atoms with Crippen molar-refractivity contribution in [2.75, 3.05) is 0 Å². The number of fused-ring (bicyclic) bond motifs is 6. The topological polar surface area (TPSA) is 52.5 Å². The van der Waals surface area contributed by atoms with E-state index < -0.39 is 0 Å². The Morgan fingerprint density at radius 2 is 1.06 bits per heavy atom. The highest BCUT2D eigenvalue weighted by Crippen LogP contribution is 2.51. The van der Waals surface area contributed by atoms with Crippen LogP contribution in [-0.4, -0.2) is 4.57 Å². The summed E-state index contributed by atoms with van der Waals surface area (Å²) in [5.41, 5.74) is 14.6. The van der Waals surface area contributed by atoms with Crippen LogP contribution in [0.4, 0.5) is 0 Å². The minimum Gasteiger partial charge on any atom is -0.308 e. The summed E-state index contributed by atoms with van der Waals surface area (Å²) in [4.78, 5) is 0. The highest BCUT2D eigenvalue weighted by Gasteiger charge is 2.36. The molecule has 0 saturated heterocycles. The first-order valence-electron chi connectivity index (χ1n) is 16.9. The molecule has 0 amide bonds. The summed E-state index contributed by atoms with van der Waals surface area (Å²) in [6, 6.07) is 57.6. The van der Waals surface area contributed by atoms with E-state index in [1.165, 1.54) is 22.3 Å². The molecule has 0 saturated carbocycles. The molecule has 234 valence electrons. The number of nitriles is 2. The zero-order chi connectivity index (χ0) is 34.0. The summed E-state index contributed by atoms with van der Waals surface area (Å²) in [6.07, 6.45) is 0. The Kier molecular flexibility index (Phi) is 6.60. The molecule has 7 aromatic carbocycles. The molecule has 3 nitrogen and oxygen atoms in total. The van der Waals surface area contributed by atoms with Crippen molar-refractivity contribution < 1.29 is 0 Å². The lowest BCUT2D eigenvalue weighted by atomic mass is 9.82. The second-order valence-corrected chi connectivity index (χ2v) is 13.5. The Balaban J connectivity index is 1.39. The van der Waals surface area contributed by atoms with Gasteiger partial charge in [0, 0.05) is 21.8 Å². The molecule has 0 atom stereocenters. The first kappa shape index (κ1) is 29.5. The standard InChI is InChI=1S/C47H31N3/c1-47(2)41-22-11-9-18-36(41)39-25-40-37-19-10-12-23-43(37)50(45(40)27-42(39)47)44-26-38(32(28-48)24-33(44)29-49)46-34(30-14-5-3-6-15-30)20-13-21-35(46)31-16-7-4-8-17-31/h3-27H,1-2H3. The summed E-state index contributed by atoms with van der Waals surface area (Å²) in [7, 11) is 0. The van der Waals surface area contributed by atoms with Gasteiger partial charge >= 0.3 is 0 Å².